The van der Waals surface area contributed by atoms with Gasteiger partial charge in [0.15, 0.2) is 0 Å². The molecule has 0 saturated heterocycles. The van der Waals surface area contributed by atoms with Gasteiger partial charge in [-0.15, -0.1) is 11.3 Å². The van der Waals surface area contributed by atoms with Crippen LogP contribution in [0.4, 0.5) is 0 Å². The number of carboxylic acid groups (broad SMARTS) is 1. The van der Waals surface area contributed by atoms with E-state index in [1.807, 2.05) is 18.2 Å². The van der Waals surface area contributed by atoms with Crippen LogP contribution in [0.5, 0.6) is 5.75 Å². The Morgan fingerprint density at radius 1 is 1.37 bits per heavy atom. The molecule has 27 heavy (non-hydrogen) atoms. The van der Waals surface area contributed by atoms with Gasteiger partial charge in [-0.3, -0.25) is 0 Å². The number of rotatable bonds is 8. The predicted molar refractivity (Wildman–Crippen MR) is 106 cm³/mol. The minimum atomic E-state index is -0.938. The molecular formula is C20H23N3O3S. The van der Waals surface area contributed by atoms with Gasteiger partial charge in [-0.2, -0.15) is 10.2 Å². The molecule has 7 heteroatoms. The summed E-state index contributed by atoms with van der Waals surface area (Å²) in [7, 11) is 0. The maximum absolute atomic E-state index is 11.3. The van der Waals surface area contributed by atoms with Crippen molar-refractivity contribution in [1.82, 2.24) is 4.98 Å². The monoisotopic (exact) mass is 385 g/mol. The van der Waals surface area contributed by atoms with Gasteiger partial charge in [-0.25, -0.2) is 9.78 Å². The Hall–Kier alpha value is -2.54. The van der Waals surface area contributed by atoms with Gasteiger partial charge < -0.3 is 9.84 Å². The van der Waals surface area contributed by atoms with Crippen LogP contribution in [0.3, 0.4) is 0 Å². The van der Waals surface area contributed by atoms with Gasteiger partial charge in [0.25, 0.3) is 0 Å². The summed E-state index contributed by atoms with van der Waals surface area (Å²) >= 11 is 1.20. The summed E-state index contributed by atoms with van der Waals surface area (Å²) < 4.78 is 5.99. The molecule has 0 radical (unpaired) electrons. The first kappa shape index (κ1) is 19.2. The molecular weight excluding hydrogens is 362 g/mol. The van der Waals surface area contributed by atoms with Crippen molar-refractivity contribution < 1.29 is 14.6 Å². The van der Waals surface area contributed by atoms with Crippen molar-refractivity contribution in [3.05, 3.63) is 46.6 Å². The van der Waals surface area contributed by atoms with Gasteiger partial charge in [0.1, 0.15) is 15.6 Å². The smallest absolute Gasteiger partial charge is 0.347 e. The molecule has 1 unspecified atom stereocenters. The Bertz CT molecular complexity index is 875. The highest BCUT2D eigenvalue weighted by Crippen LogP contribution is 2.32. The van der Waals surface area contributed by atoms with Gasteiger partial charge in [0.2, 0.25) is 0 Å². The van der Waals surface area contributed by atoms with Crippen LogP contribution >= 0.6 is 11.3 Å². The van der Waals surface area contributed by atoms with Crippen molar-refractivity contribution in [3.8, 4) is 16.3 Å². The van der Waals surface area contributed by atoms with Crippen LogP contribution in [0.25, 0.3) is 10.6 Å². The van der Waals surface area contributed by atoms with Gasteiger partial charge in [0, 0.05) is 11.8 Å². The molecule has 0 saturated carbocycles. The second kappa shape index (κ2) is 8.43. The fraction of sp³-hybridized carbons (Fsp3) is 0.400. The summed E-state index contributed by atoms with van der Waals surface area (Å²) in [5, 5.41) is 18.1. The number of nitrogens with zero attached hydrogens (tertiary/aromatic N) is 3. The van der Waals surface area contributed by atoms with Crippen LogP contribution in [0.1, 0.15) is 41.2 Å². The molecule has 2 aromatic rings. The summed E-state index contributed by atoms with van der Waals surface area (Å²) in [4.78, 5) is 16.0. The summed E-state index contributed by atoms with van der Waals surface area (Å²) in [6, 6.07) is 6.05. The van der Waals surface area contributed by atoms with Crippen LogP contribution in [0, 0.1) is 12.8 Å². The van der Waals surface area contributed by atoms with E-state index in [0.29, 0.717) is 23.2 Å². The maximum Gasteiger partial charge on any atom is 0.347 e. The maximum atomic E-state index is 11.3. The third kappa shape index (κ3) is 4.80. The Kier molecular flexibility index (Phi) is 6.01. The van der Waals surface area contributed by atoms with Gasteiger partial charge in [0.05, 0.1) is 18.3 Å². The molecule has 2 heterocycles. The summed E-state index contributed by atoms with van der Waals surface area (Å²) in [5.41, 5.74) is 2.53. The van der Waals surface area contributed by atoms with Crippen LogP contribution < -0.4 is 4.74 Å². The van der Waals surface area contributed by atoms with Gasteiger partial charge in [-0.05, 0) is 55.5 Å². The van der Waals surface area contributed by atoms with Crippen LogP contribution in [0.2, 0.25) is 0 Å². The van der Waals surface area contributed by atoms with E-state index in [2.05, 4.69) is 35.1 Å². The van der Waals surface area contributed by atoms with Crippen molar-refractivity contribution in [3.63, 3.8) is 0 Å². The number of aromatic nitrogens is 1. The predicted octanol–water partition coefficient (Wildman–Crippen LogP) is 5.13. The molecule has 0 amide bonds. The topological polar surface area (TPSA) is 84.1 Å². The number of aromatic carboxylic acids is 1. The normalized spacial score (nSPS) is 15.6. The Morgan fingerprint density at radius 2 is 2.19 bits per heavy atom. The molecule has 1 atom stereocenters. The van der Waals surface area contributed by atoms with Crippen molar-refractivity contribution in [1.29, 1.82) is 0 Å². The van der Waals surface area contributed by atoms with E-state index < -0.39 is 5.97 Å². The SMILES string of the molecule is Cc1nc(-c2ccc(OCC(C)C)c(CCC3C=CN=N3)c2)sc1C(=O)O. The quantitative estimate of drug-likeness (QED) is 0.682. The van der Waals surface area contributed by atoms with Crippen molar-refractivity contribution in [2.24, 2.45) is 16.1 Å². The molecule has 1 aliphatic heterocycles. The minimum Gasteiger partial charge on any atom is -0.493 e. The second-order valence-electron chi connectivity index (χ2n) is 6.94. The third-order valence-corrected chi connectivity index (χ3v) is 5.36. The van der Waals surface area contributed by atoms with Crippen LogP contribution in [-0.2, 0) is 6.42 Å². The van der Waals surface area contributed by atoms with Crippen LogP contribution in [-0.4, -0.2) is 28.7 Å². The highest BCUT2D eigenvalue weighted by molar-refractivity contribution is 7.17. The molecule has 1 aliphatic rings. The first-order chi connectivity index (χ1) is 12.9. The average molecular weight is 385 g/mol. The molecule has 1 N–H and O–H groups in total. The Labute approximate surface area is 162 Å². The zero-order valence-electron chi connectivity index (χ0n) is 15.7. The standard InChI is InChI=1S/C20H23N3O3S/c1-12(2)11-26-17-7-5-15(19-22-13(3)18(27-19)20(24)25)10-14(17)4-6-16-8-9-21-23-16/h5,7-10,12,16H,4,6,11H2,1-3H3,(H,24,25). The third-order valence-electron chi connectivity index (χ3n) is 4.17. The average Bonchev–Trinajstić information content (AvgIpc) is 3.27. The van der Waals surface area contributed by atoms with E-state index in [9.17, 15) is 9.90 Å². The molecule has 142 valence electrons. The van der Waals surface area contributed by atoms with E-state index in [0.717, 1.165) is 29.7 Å². The summed E-state index contributed by atoms with van der Waals surface area (Å²) in [5.74, 6) is 0.355. The summed E-state index contributed by atoms with van der Waals surface area (Å²) in [6.45, 7) is 6.60. The molecule has 0 spiro atoms. The largest absolute Gasteiger partial charge is 0.493 e. The second-order valence-corrected chi connectivity index (χ2v) is 7.94. The summed E-state index contributed by atoms with van der Waals surface area (Å²) in [6.07, 6.45) is 5.36. The lowest BCUT2D eigenvalue weighted by Crippen LogP contribution is -2.07. The van der Waals surface area contributed by atoms with Gasteiger partial charge in [-0.1, -0.05) is 13.8 Å². The van der Waals surface area contributed by atoms with E-state index in [1.165, 1.54) is 11.3 Å². The van der Waals surface area contributed by atoms with Crippen molar-refractivity contribution in [2.45, 2.75) is 39.7 Å². The van der Waals surface area contributed by atoms with E-state index in [-0.39, 0.29) is 10.9 Å². The molecule has 6 nitrogen and oxygen atoms in total. The molecule has 0 bridgehead atoms. The fourth-order valence-electron chi connectivity index (χ4n) is 2.78. The Balaban J connectivity index is 1.87. The van der Waals surface area contributed by atoms with Crippen molar-refractivity contribution >= 4 is 17.3 Å². The molecule has 1 aromatic carbocycles. The number of hydrogen-bond acceptors (Lipinski definition) is 6. The van der Waals surface area contributed by atoms with E-state index in [4.69, 9.17) is 4.74 Å². The first-order valence-corrected chi connectivity index (χ1v) is 9.79. The number of hydrogen-bond donors (Lipinski definition) is 1. The van der Waals surface area contributed by atoms with Crippen molar-refractivity contribution in [2.75, 3.05) is 6.61 Å². The number of ether oxygens (including phenoxy) is 1. The highest BCUT2D eigenvalue weighted by Gasteiger charge is 2.17. The van der Waals surface area contributed by atoms with E-state index >= 15 is 0 Å². The zero-order chi connectivity index (χ0) is 19.4. The fourth-order valence-corrected chi connectivity index (χ4v) is 3.68. The lowest BCUT2D eigenvalue weighted by molar-refractivity contribution is 0.0701. The number of carbonyl (C=O) groups is 1. The number of carboxylic acids is 1. The van der Waals surface area contributed by atoms with Crippen LogP contribution in [0.15, 0.2) is 40.7 Å². The molecule has 3 rings (SSSR count). The highest BCUT2D eigenvalue weighted by atomic mass is 32.1. The first-order valence-electron chi connectivity index (χ1n) is 8.97. The number of aryl methyl sites for hydroxylation is 2. The molecule has 1 aromatic heterocycles. The lowest BCUT2D eigenvalue weighted by Gasteiger charge is -2.15. The minimum absolute atomic E-state index is 0.104. The lowest BCUT2D eigenvalue weighted by atomic mass is 10.0. The number of thiazole rings is 1. The Morgan fingerprint density at radius 3 is 2.81 bits per heavy atom. The van der Waals surface area contributed by atoms with Gasteiger partial charge >= 0.3 is 5.97 Å². The zero-order valence-corrected chi connectivity index (χ0v) is 16.5. The molecule has 0 aliphatic carbocycles. The van der Waals surface area contributed by atoms with E-state index in [1.54, 1.807) is 13.1 Å². The molecule has 0 fully saturated rings. The number of benzene rings is 1. The number of azo groups is 1.